The van der Waals surface area contributed by atoms with Crippen molar-refractivity contribution in [3.63, 3.8) is 0 Å². The van der Waals surface area contributed by atoms with Crippen molar-refractivity contribution >= 4 is 0 Å². The van der Waals surface area contributed by atoms with Crippen LogP contribution in [0.15, 0.2) is 17.0 Å². The first-order valence-electron chi connectivity index (χ1n) is 5.54. The zero-order valence-corrected chi connectivity index (χ0v) is 9.44. The van der Waals surface area contributed by atoms with Gasteiger partial charge in [0.2, 0.25) is 0 Å². The molecule has 15 heavy (non-hydrogen) atoms. The lowest BCUT2D eigenvalue weighted by Gasteiger charge is -2.19. The molecule has 0 radical (unpaired) electrons. The first-order chi connectivity index (χ1) is 7.27. The van der Waals surface area contributed by atoms with Crippen LogP contribution in [-0.4, -0.2) is 22.7 Å². The lowest BCUT2D eigenvalue weighted by molar-refractivity contribution is 0.101. The number of oxazole rings is 1. The fraction of sp³-hybridized carbons (Fsp3) is 0.727. The van der Waals surface area contributed by atoms with E-state index in [4.69, 9.17) is 4.42 Å². The molecule has 0 saturated carbocycles. The topological polar surface area (TPSA) is 58.3 Å². The zero-order chi connectivity index (χ0) is 11.1. The Balaban J connectivity index is 2.19. The highest BCUT2D eigenvalue weighted by Gasteiger charge is 2.14. The van der Waals surface area contributed by atoms with Gasteiger partial charge >= 0.3 is 0 Å². The van der Waals surface area contributed by atoms with Gasteiger partial charge in [0.1, 0.15) is 5.76 Å². The molecule has 0 saturated heterocycles. The minimum Gasteiger partial charge on any atom is -0.447 e. The molecule has 0 fully saturated rings. The van der Waals surface area contributed by atoms with E-state index in [1.165, 1.54) is 6.39 Å². The molecule has 0 spiro atoms. The predicted molar refractivity (Wildman–Crippen MR) is 58.3 cm³/mol. The maximum absolute atomic E-state index is 9.83. The Kier molecular flexibility index (Phi) is 5.36. The van der Waals surface area contributed by atoms with Gasteiger partial charge in [0.25, 0.3) is 0 Å². The van der Waals surface area contributed by atoms with E-state index in [1.807, 2.05) is 0 Å². The van der Waals surface area contributed by atoms with Crippen molar-refractivity contribution in [3.05, 3.63) is 18.4 Å². The monoisotopic (exact) mass is 212 g/mol. The first kappa shape index (κ1) is 12.2. The average Bonchev–Trinajstić information content (AvgIpc) is 2.72. The number of nitrogens with one attached hydrogen (secondary N) is 1. The Morgan fingerprint density at radius 1 is 1.47 bits per heavy atom. The van der Waals surface area contributed by atoms with Gasteiger partial charge in [-0.25, -0.2) is 4.98 Å². The minimum atomic E-state index is -0.275. The van der Waals surface area contributed by atoms with Crippen molar-refractivity contribution in [3.8, 4) is 0 Å². The van der Waals surface area contributed by atoms with Crippen LogP contribution in [0.5, 0.6) is 0 Å². The molecule has 0 bridgehead atoms. The van der Waals surface area contributed by atoms with Gasteiger partial charge in [-0.15, -0.1) is 0 Å². The molecule has 1 heterocycles. The molecular formula is C11H20N2O2. The van der Waals surface area contributed by atoms with E-state index >= 15 is 0 Å². The summed E-state index contributed by atoms with van der Waals surface area (Å²) in [6.45, 7) is 5.44. The van der Waals surface area contributed by atoms with Crippen LogP contribution in [-0.2, 0) is 6.54 Å². The SMILES string of the molecule is CCC(CC)C(O)CNCc1cnco1. The number of nitrogens with zero attached hydrogens (tertiary/aromatic N) is 1. The highest BCUT2D eigenvalue weighted by atomic mass is 16.3. The normalized spacial score (nSPS) is 13.3. The Labute approximate surface area is 90.7 Å². The second-order valence-corrected chi connectivity index (χ2v) is 3.74. The van der Waals surface area contributed by atoms with E-state index < -0.39 is 0 Å². The van der Waals surface area contributed by atoms with Crippen LogP contribution in [0.3, 0.4) is 0 Å². The van der Waals surface area contributed by atoms with Gasteiger partial charge in [-0.05, 0) is 5.92 Å². The first-order valence-corrected chi connectivity index (χ1v) is 5.54. The molecule has 1 aromatic heterocycles. The third kappa shape index (κ3) is 4.01. The van der Waals surface area contributed by atoms with E-state index in [0.717, 1.165) is 18.6 Å². The lowest BCUT2D eigenvalue weighted by Crippen LogP contribution is -2.32. The number of hydrogen-bond acceptors (Lipinski definition) is 4. The zero-order valence-electron chi connectivity index (χ0n) is 9.44. The molecule has 0 aromatic carbocycles. The molecule has 0 aliphatic heterocycles. The van der Waals surface area contributed by atoms with Gasteiger partial charge in [0.15, 0.2) is 6.39 Å². The van der Waals surface area contributed by atoms with Crippen molar-refractivity contribution in [2.24, 2.45) is 5.92 Å². The van der Waals surface area contributed by atoms with Crippen molar-refractivity contribution in [2.45, 2.75) is 39.3 Å². The highest BCUT2D eigenvalue weighted by Crippen LogP contribution is 2.12. The maximum atomic E-state index is 9.83. The summed E-state index contributed by atoms with van der Waals surface area (Å²) in [5, 5.41) is 13.0. The Hall–Kier alpha value is -0.870. The summed E-state index contributed by atoms with van der Waals surface area (Å²) in [5.41, 5.74) is 0. The molecule has 1 rings (SSSR count). The number of aliphatic hydroxyl groups excluding tert-OH is 1. The van der Waals surface area contributed by atoms with Crippen molar-refractivity contribution in [1.82, 2.24) is 10.3 Å². The summed E-state index contributed by atoms with van der Waals surface area (Å²) < 4.78 is 5.07. The smallest absolute Gasteiger partial charge is 0.180 e. The van der Waals surface area contributed by atoms with Crippen molar-refractivity contribution < 1.29 is 9.52 Å². The molecular weight excluding hydrogens is 192 g/mol. The minimum absolute atomic E-state index is 0.275. The summed E-state index contributed by atoms with van der Waals surface area (Å²) in [6.07, 6.45) is 4.84. The van der Waals surface area contributed by atoms with E-state index in [9.17, 15) is 5.11 Å². The van der Waals surface area contributed by atoms with Gasteiger partial charge in [-0.1, -0.05) is 26.7 Å². The quantitative estimate of drug-likeness (QED) is 0.720. The fourth-order valence-corrected chi connectivity index (χ4v) is 1.67. The third-order valence-electron chi connectivity index (χ3n) is 2.73. The summed E-state index contributed by atoms with van der Waals surface area (Å²) in [6, 6.07) is 0. The lowest BCUT2D eigenvalue weighted by atomic mass is 9.96. The Morgan fingerprint density at radius 3 is 2.73 bits per heavy atom. The molecule has 0 aliphatic carbocycles. The second-order valence-electron chi connectivity index (χ2n) is 3.74. The van der Waals surface area contributed by atoms with E-state index in [1.54, 1.807) is 6.20 Å². The summed E-state index contributed by atoms with van der Waals surface area (Å²) >= 11 is 0. The van der Waals surface area contributed by atoms with Crippen molar-refractivity contribution in [1.29, 1.82) is 0 Å². The molecule has 1 aromatic rings. The van der Waals surface area contributed by atoms with Gasteiger partial charge in [0, 0.05) is 6.54 Å². The molecule has 2 N–H and O–H groups in total. The molecule has 86 valence electrons. The van der Waals surface area contributed by atoms with Crippen LogP contribution < -0.4 is 5.32 Å². The number of hydrogen-bond donors (Lipinski definition) is 2. The van der Waals surface area contributed by atoms with Crippen LogP contribution >= 0.6 is 0 Å². The van der Waals surface area contributed by atoms with Gasteiger partial charge in [-0.2, -0.15) is 0 Å². The van der Waals surface area contributed by atoms with Crippen molar-refractivity contribution in [2.75, 3.05) is 6.54 Å². The van der Waals surface area contributed by atoms with Gasteiger partial charge < -0.3 is 14.8 Å². The molecule has 4 nitrogen and oxygen atoms in total. The largest absolute Gasteiger partial charge is 0.447 e. The van der Waals surface area contributed by atoms with Gasteiger partial charge in [0.05, 0.1) is 18.8 Å². The molecule has 0 amide bonds. The van der Waals surface area contributed by atoms with Crippen LogP contribution in [0.4, 0.5) is 0 Å². The average molecular weight is 212 g/mol. The van der Waals surface area contributed by atoms with Crippen LogP contribution in [0.2, 0.25) is 0 Å². The van der Waals surface area contributed by atoms with Crippen LogP contribution in [0.1, 0.15) is 32.4 Å². The maximum Gasteiger partial charge on any atom is 0.180 e. The Bertz CT molecular complexity index is 245. The molecule has 0 aliphatic rings. The van der Waals surface area contributed by atoms with Gasteiger partial charge in [-0.3, -0.25) is 0 Å². The molecule has 1 unspecified atom stereocenters. The number of rotatable bonds is 7. The second kappa shape index (κ2) is 6.58. The summed E-state index contributed by atoms with van der Waals surface area (Å²) in [7, 11) is 0. The number of aliphatic hydroxyl groups is 1. The highest BCUT2D eigenvalue weighted by molar-refractivity contribution is 4.87. The third-order valence-corrected chi connectivity index (χ3v) is 2.73. The predicted octanol–water partition coefficient (Wildman–Crippen LogP) is 1.56. The molecule has 1 atom stereocenters. The van der Waals surface area contributed by atoms with E-state index in [-0.39, 0.29) is 6.10 Å². The Morgan fingerprint density at radius 2 is 2.20 bits per heavy atom. The van der Waals surface area contributed by atoms with E-state index in [0.29, 0.717) is 19.0 Å². The molecule has 4 heteroatoms. The standard InChI is InChI=1S/C11H20N2O2/c1-3-9(4-2)11(14)7-12-5-10-6-13-8-15-10/h6,8-9,11-12,14H,3-5,7H2,1-2H3. The van der Waals surface area contributed by atoms with E-state index in [2.05, 4.69) is 24.1 Å². The summed E-state index contributed by atoms with van der Waals surface area (Å²) in [5.74, 6) is 1.18. The van der Waals surface area contributed by atoms with Crippen LogP contribution in [0.25, 0.3) is 0 Å². The summed E-state index contributed by atoms with van der Waals surface area (Å²) in [4.78, 5) is 3.82. The number of aromatic nitrogens is 1. The fourth-order valence-electron chi connectivity index (χ4n) is 1.67. The van der Waals surface area contributed by atoms with Crippen LogP contribution in [0, 0.1) is 5.92 Å².